The molecule has 0 fully saturated rings. The first kappa shape index (κ1) is 16.7. The predicted octanol–water partition coefficient (Wildman–Crippen LogP) is 3.13. The first-order valence-corrected chi connectivity index (χ1v) is 8.82. The molecule has 1 aromatic heterocycles. The molecule has 3 rings (SSSR count). The standard InChI is InChI=1S/C18H14N2O4S/c21-18(22)10-9-13-4-1-5-14(12-13)20-25(23,24)17-8-2-7-16-15(17)6-3-11-19-16/h1-12,20H,(H,21,22)/b10-9+. The van der Waals surface area contributed by atoms with Gasteiger partial charge in [0.15, 0.2) is 0 Å². The number of sulfonamides is 1. The van der Waals surface area contributed by atoms with Crippen LogP contribution < -0.4 is 4.72 Å². The molecule has 2 N–H and O–H groups in total. The number of hydrogen-bond acceptors (Lipinski definition) is 4. The summed E-state index contributed by atoms with van der Waals surface area (Å²) in [4.78, 5) is 14.9. The lowest BCUT2D eigenvalue weighted by Gasteiger charge is -2.10. The summed E-state index contributed by atoms with van der Waals surface area (Å²) in [6.07, 6.45) is 3.98. The van der Waals surface area contributed by atoms with E-state index in [4.69, 9.17) is 5.11 Å². The highest BCUT2D eigenvalue weighted by molar-refractivity contribution is 7.93. The SMILES string of the molecule is O=C(O)/C=C/c1cccc(NS(=O)(=O)c2cccc3ncccc23)c1. The first-order chi connectivity index (χ1) is 12.0. The summed E-state index contributed by atoms with van der Waals surface area (Å²) in [5.41, 5.74) is 1.50. The summed E-state index contributed by atoms with van der Waals surface area (Å²) in [6, 6.07) is 14.7. The van der Waals surface area contributed by atoms with Crippen LogP contribution >= 0.6 is 0 Å². The van der Waals surface area contributed by atoms with E-state index >= 15 is 0 Å². The molecular weight excluding hydrogens is 340 g/mol. The second-order valence-electron chi connectivity index (χ2n) is 5.23. The number of carbonyl (C=O) groups is 1. The van der Waals surface area contributed by atoms with Crippen molar-refractivity contribution in [3.05, 3.63) is 72.4 Å². The largest absolute Gasteiger partial charge is 0.478 e. The Labute approximate surface area is 144 Å². The fourth-order valence-electron chi connectivity index (χ4n) is 2.39. The molecule has 0 aliphatic carbocycles. The van der Waals surface area contributed by atoms with Crippen molar-refractivity contribution in [2.24, 2.45) is 0 Å². The number of nitrogens with one attached hydrogen (secondary N) is 1. The van der Waals surface area contributed by atoms with Gasteiger partial charge < -0.3 is 5.11 Å². The number of anilines is 1. The van der Waals surface area contributed by atoms with Gasteiger partial charge in [-0.05, 0) is 48.0 Å². The number of benzene rings is 2. The Balaban J connectivity index is 1.96. The van der Waals surface area contributed by atoms with E-state index in [-0.39, 0.29) is 4.90 Å². The smallest absolute Gasteiger partial charge is 0.328 e. The molecule has 1 heterocycles. The highest BCUT2D eigenvalue weighted by Gasteiger charge is 2.17. The summed E-state index contributed by atoms with van der Waals surface area (Å²) >= 11 is 0. The molecule has 0 atom stereocenters. The van der Waals surface area contributed by atoms with Crippen LogP contribution in [-0.2, 0) is 14.8 Å². The molecule has 7 heteroatoms. The molecule has 0 saturated carbocycles. The van der Waals surface area contributed by atoms with Gasteiger partial charge in [0.05, 0.1) is 10.4 Å². The van der Waals surface area contributed by atoms with Crippen LogP contribution in [0.3, 0.4) is 0 Å². The van der Waals surface area contributed by atoms with E-state index in [1.165, 1.54) is 12.1 Å². The van der Waals surface area contributed by atoms with Crippen LogP contribution in [0.4, 0.5) is 5.69 Å². The summed E-state index contributed by atoms with van der Waals surface area (Å²) < 4.78 is 28.0. The van der Waals surface area contributed by atoms with Crippen molar-refractivity contribution in [3.8, 4) is 0 Å². The third-order valence-corrected chi connectivity index (χ3v) is 4.89. The fraction of sp³-hybridized carbons (Fsp3) is 0. The Kier molecular flexibility index (Phi) is 4.49. The lowest BCUT2D eigenvalue weighted by Crippen LogP contribution is -2.13. The van der Waals surface area contributed by atoms with Crippen molar-refractivity contribution >= 4 is 38.7 Å². The van der Waals surface area contributed by atoms with Crippen molar-refractivity contribution in [2.45, 2.75) is 4.90 Å². The Morgan fingerprint density at radius 1 is 1.08 bits per heavy atom. The number of rotatable bonds is 5. The van der Waals surface area contributed by atoms with Crippen molar-refractivity contribution in [1.29, 1.82) is 0 Å². The maximum atomic E-state index is 12.7. The average Bonchev–Trinajstić information content (AvgIpc) is 2.59. The van der Waals surface area contributed by atoms with Gasteiger partial charge in [-0.1, -0.05) is 18.2 Å². The molecule has 126 valence electrons. The number of fused-ring (bicyclic) bond motifs is 1. The Bertz CT molecular complexity index is 1070. The van der Waals surface area contributed by atoms with Gasteiger partial charge in [-0.2, -0.15) is 0 Å². The van der Waals surface area contributed by atoms with Crippen LogP contribution in [0.5, 0.6) is 0 Å². The zero-order chi connectivity index (χ0) is 17.9. The molecule has 2 aromatic carbocycles. The van der Waals surface area contributed by atoms with Crippen molar-refractivity contribution < 1.29 is 18.3 Å². The van der Waals surface area contributed by atoms with Gasteiger partial charge in [-0.3, -0.25) is 9.71 Å². The van der Waals surface area contributed by atoms with E-state index in [1.807, 2.05) is 0 Å². The number of hydrogen-bond donors (Lipinski definition) is 2. The first-order valence-electron chi connectivity index (χ1n) is 7.33. The van der Waals surface area contributed by atoms with Gasteiger partial charge in [0, 0.05) is 23.3 Å². The van der Waals surface area contributed by atoms with Crippen molar-refractivity contribution in [2.75, 3.05) is 4.72 Å². The molecule has 0 spiro atoms. The number of aliphatic carboxylic acids is 1. The Morgan fingerprint density at radius 2 is 1.88 bits per heavy atom. The number of carboxylic acids is 1. The van der Waals surface area contributed by atoms with E-state index in [1.54, 1.807) is 54.7 Å². The molecule has 0 unspecified atom stereocenters. The highest BCUT2D eigenvalue weighted by Crippen LogP contribution is 2.24. The fourth-order valence-corrected chi connectivity index (χ4v) is 3.66. The predicted molar refractivity (Wildman–Crippen MR) is 95.7 cm³/mol. The van der Waals surface area contributed by atoms with Crippen LogP contribution in [0, 0.1) is 0 Å². The zero-order valence-corrected chi connectivity index (χ0v) is 13.8. The quantitative estimate of drug-likeness (QED) is 0.686. The number of aromatic nitrogens is 1. The summed E-state index contributed by atoms with van der Waals surface area (Å²) in [5, 5.41) is 9.20. The van der Waals surface area contributed by atoms with Gasteiger partial charge in [0.1, 0.15) is 0 Å². The third-order valence-electron chi connectivity index (χ3n) is 3.45. The molecule has 6 nitrogen and oxygen atoms in total. The lowest BCUT2D eigenvalue weighted by atomic mass is 10.2. The maximum absolute atomic E-state index is 12.7. The molecule has 0 amide bonds. The van der Waals surface area contributed by atoms with Gasteiger partial charge in [-0.15, -0.1) is 0 Å². The van der Waals surface area contributed by atoms with Crippen LogP contribution in [0.15, 0.2) is 71.8 Å². The zero-order valence-electron chi connectivity index (χ0n) is 13.0. The van der Waals surface area contributed by atoms with E-state index < -0.39 is 16.0 Å². The van der Waals surface area contributed by atoms with Gasteiger partial charge in [-0.25, -0.2) is 13.2 Å². The molecule has 0 bridgehead atoms. The maximum Gasteiger partial charge on any atom is 0.328 e. The van der Waals surface area contributed by atoms with Gasteiger partial charge >= 0.3 is 5.97 Å². The van der Waals surface area contributed by atoms with Crippen LogP contribution in [0.1, 0.15) is 5.56 Å². The van der Waals surface area contributed by atoms with Crippen LogP contribution in [0.25, 0.3) is 17.0 Å². The molecule has 0 aliphatic heterocycles. The minimum absolute atomic E-state index is 0.129. The molecule has 0 radical (unpaired) electrons. The topological polar surface area (TPSA) is 96.4 Å². The summed E-state index contributed by atoms with van der Waals surface area (Å²) in [7, 11) is -3.82. The van der Waals surface area contributed by atoms with Gasteiger partial charge in [0.2, 0.25) is 0 Å². The van der Waals surface area contributed by atoms with E-state index in [2.05, 4.69) is 9.71 Å². The van der Waals surface area contributed by atoms with E-state index in [0.717, 1.165) is 6.08 Å². The molecule has 0 saturated heterocycles. The average molecular weight is 354 g/mol. The van der Waals surface area contributed by atoms with E-state index in [0.29, 0.717) is 22.2 Å². The monoisotopic (exact) mass is 354 g/mol. The van der Waals surface area contributed by atoms with E-state index in [9.17, 15) is 13.2 Å². The van der Waals surface area contributed by atoms with Crippen LogP contribution in [-0.4, -0.2) is 24.5 Å². The van der Waals surface area contributed by atoms with Crippen LogP contribution in [0.2, 0.25) is 0 Å². The third kappa shape index (κ3) is 3.84. The number of pyridine rings is 1. The molecule has 0 aliphatic rings. The Morgan fingerprint density at radius 3 is 2.68 bits per heavy atom. The van der Waals surface area contributed by atoms with Gasteiger partial charge in [0.25, 0.3) is 10.0 Å². The van der Waals surface area contributed by atoms with Crippen molar-refractivity contribution in [3.63, 3.8) is 0 Å². The molecule has 3 aromatic rings. The highest BCUT2D eigenvalue weighted by atomic mass is 32.2. The minimum Gasteiger partial charge on any atom is -0.478 e. The minimum atomic E-state index is -3.82. The molecule has 25 heavy (non-hydrogen) atoms. The lowest BCUT2D eigenvalue weighted by molar-refractivity contribution is -0.131. The number of carboxylic acid groups (broad SMARTS) is 1. The molecular formula is C18H14N2O4S. The normalized spacial score (nSPS) is 11.7. The second kappa shape index (κ2) is 6.74. The summed E-state index contributed by atoms with van der Waals surface area (Å²) in [5.74, 6) is -1.07. The second-order valence-corrected chi connectivity index (χ2v) is 6.88. The van der Waals surface area contributed by atoms with Crippen molar-refractivity contribution in [1.82, 2.24) is 4.98 Å². The Hall–Kier alpha value is -3.19. The number of nitrogens with zero attached hydrogens (tertiary/aromatic N) is 1. The summed E-state index contributed by atoms with van der Waals surface area (Å²) in [6.45, 7) is 0.